The lowest BCUT2D eigenvalue weighted by molar-refractivity contribution is -0.262. The van der Waals surface area contributed by atoms with E-state index in [4.69, 9.17) is 0 Å². The maximum absolute atomic E-state index is 13.4. The fraction of sp³-hybridized carbons (Fsp3) is 0.647. The van der Waals surface area contributed by atoms with E-state index >= 15 is 0 Å². The monoisotopic (exact) mass is 403 g/mol. The SMILES string of the molecule is C[C@H]1Cn2nc(N3CC4C(C3)C4(F)F)cc2-c2cnc([C@@](C)(O)C(F)(F)F)n21. The fourth-order valence-corrected chi connectivity index (χ4v) is 4.41. The number of imidazole rings is 1. The molecule has 3 aliphatic rings. The van der Waals surface area contributed by atoms with Gasteiger partial charge in [0.05, 0.1) is 42.0 Å². The zero-order valence-electron chi connectivity index (χ0n) is 15.1. The van der Waals surface area contributed by atoms with Crippen LogP contribution in [0.1, 0.15) is 25.7 Å². The van der Waals surface area contributed by atoms with Crippen LogP contribution in [0.15, 0.2) is 12.3 Å². The van der Waals surface area contributed by atoms with E-state index in [9.17, 15) is 27.1 Å². The van der Waals surface area contributed by atoms with Crippen LogP contribution in [-0.2, 0) is 12.1 Å². The van der Waals surface area contributed by atoms with Gasteiger partial charge in [0.25, 0.3) is 5.92 Å². The number of aliphatic hydroxyl groups is 1. The lowest BCUT2D eigenvalue weighted by Gasteiger charge is -2.31. The fourth-order valence-electron chi connectivity index (χ4n) is 4.41. The van der Waals surface area contributed by atoms with Crippen LogP contribution in [0.3, 0.4) is 0 Å². The second kappa shape index (κ2) is 5.05. The summed E-state index contributed by atoms with van der Waals surface area (Å²) in [7, 11) is 0. The van der Waals surface area contributed by atoms with Gasteiger partial charge in [0.2, 0.25) is 5.60 Å². The zero-order valence-corrected chi connectivity index (χ0v) is 15.1. The largest absolute Gasteiger partial charge is 0.424 e. The molecule has 6 nitrogen and oxygen atoms in total. The van der Waals surface area contributed by atoms with E-state index < -0.39 is 41.4 Å². The summed E-state index contributed by atoms with van der Waals surface area (Å²) in [5.74, 6) is -3.84. The van der Waals surface area contributed by atoms with Crippen molar-refractivity contribution in [1.82, 2.24) is 19.3 Å². The third-order valence-electron chi connectivity index (χ3n) is 6.22. The van der Waals surface area contributed by atoms with Gasteiger partial charge in [-0.25, -0.2) is 13.8 Å². The van der Waals surface area contributed by atoms with E-state index in [1.807, 2.05) is 0 Å². The van der Waals surface area contributed by atoms with Gasteiger partial charge in [-0.05, 0) is 13.8 Å². The molecule has 0 radical (unpaired) electrons. The molecule has 2 aliphatic heterocycles. The first-order valence-corrected chi connectivity index (χ1v) is 9.00. The van der Waals surface area contributed by atoms with Gasteiger partial charge in [0, 0.05) is 19.2 Å². The summed E-state index contributed by atoms with van der Waals surface area (Å²) in [6, 6.07) is 1.27. The highest BCUT2D eigenvalue weighted by atomic mass is 19.4. The molecule has 0 amide bonds. The molecule has 2 aromatic rings. The summed E-state index contributed by atoms with van der Waals surface area (Å²) in [4.78, 5) is 5.66. The summed E-state index contributed by atoms with van der Waals surface area (Å²) in [5, 5.41) is 14.6. The van der Waals surface area contributed by atoms with Crippen molar-refractivity contribution in [3.05, 3.63) is 18.1 Å². The van der Waals surface area contributed by atoms with Gasteiger partial charge in [-0.1, -0.05) is 0 Å². The van der Waals surface area contributed by atoms with E-state index in [0.29, 0.717) is 24.1 Å². The Kier molecular flexibility index (Phi) is 3.23. The quantitative estimate of drug-likeness (QED) is 0.784. The van der Waals surface area contributed by atoms with Gasteiger partial charge in [-0.15, -0.1) is 0 Å². The highest BCUT2D eigenvalue weighted by molar-refractivity contribution is 5.63. The Hall–Kier alpha value is -2.17. The molecular formula is C17H18F5N5O. The average Bonchev–Trinajstić information content (AvgIpc) is 3.13. The number of piperidine rings is 1. The van der Waals surface area contributed by atoms with Gasteiger partial charge < -0.3 is 14.6 Å². The molecule has 2 unspecified atom stereocenters. The summed E-state index contributed by atoms with van der Waals surface area (Å²) in [5.41, 5.74) is -2.13. The predicted octanol–water partition coefficient (Wildman–Crippen LogP) is 2.79. The molecule has 28 heavy (non-hydrogen) atoms. The van der Waals surface area contributed by atoms with Gasteiger partial charge in [0.1, 0.15) is 0 Å². The normalized spacial score (nSPS) is 29.9. The van der Waals surface area contributed by atoms with Crippen LogP contribution in [0.4, 0.5) is 27.8 Å². The van der Waals surface area contributed by atoms with Gasteiger partial charge >= 0.3 is 6.18 Å². The van der Waals surface area contributed by atoms with Crippen LogP contribution in [0.5, 0.6) is 0 Å². The van der Waals surface area contributed by atoms with Crippen molar-refractivity contribution in [3.63, 3.8) is 0 Å². The van der Waals surface area contributed by atoms with Gasteiger partial charge in [0.15, 0.2) is 11.6 Å². The van der Waals surface area contributed by atoms with Crippen LogP contribution < -0.4 is 4.90 Å². The van der Waals surface area contributed by atoms with Crippen LogP contribution in [0, 0.1) is 11.8 Å². The first kappa shape index (κ1) is 17.9. The average molecular weight is 403 g/mol. The summed E-state index contributed by atoms with van der Waals surface area (Å²) < 4.78 is 69.8. The van der Waals surface area contributed by atoms with E-state index in [-0.39, 0.29) is 19.6 Å². The molecule has 1 saturated carbocycles. The first-order valence-electron chi connectivity index (χ1n) is 9.00. The summed E-state index contributed by atoms with van der Waals surface area (Å²) in [6.07, 6.45) is -3.59. The third-order valence-corrected chi connectivity index (χ3v) is 6.22. The molecule has 11 heteroatoms. The predicted molar refractivity (Wildman–Crippen MR) is 87.9 cm³/mol. The van der Waals surface area contributed by atoms with Crippen LogP contribution in [-0.4, -0.2) is 49.6 Å². The second-order valence-electron chi connectivity index (χ2n) is 8.12. The van der Waals surface area contributed by atoms with Crippen molar-refractivity contribution in [3.8, 4) is 11.4 Å². The Morgan fingerprint density at radius 1 is 1.14 bits per heavy atom. The van der Waals surface area contributed by atoms with Crippen LogP contribution >= 0.6 is 0 Å². The lowest BCUT2D eigenvalue weighted by Crippen LogP contribution is -2.42. The Labute approximate surface area is 156 Å². The Balaban J connectivity index is 1.51. The topological polar surface area (TPSA) is 59.1 Å². The van der Waals surface area contributed by atoms with Crippen LogP contribution in [0.2, 0.25) is 0 Å². The highest BCUT2D eigenvalue weighted by Gasteiger charge is 2.71. The number of hydrogen-bond donors (Lipinski definition) is 1. The van der Waals surface area contributed by atoms with E-state index in [2.05, 4.69) is 10.1 Å². The smallest absolute Gasteiger partial charge is 0.374 e. The molecule has 5 rings (SSSR count). The molecule has 4 atom stereocenters. The molecule has 2 fully saturated rings. The zero-order chi connectivity index (χ0) is 20.2. The minimum atomic E-state index is -4.88. The minimum Gasteiger partial charge on any atom is -0.374 e. The first-order chi connectivity index (χ1) is 12.9. The van der Waals surface area contributed by atoms with Crippen molar-refractivity contribution >= 4 is 5.82 Å². The highest BCUT2D eigenvalue weighted by Crippen LogP contribution is 2.59. The third kappa shape index (κ3) is 2.16. The molecule has 1 aliphatic carbocycles. The van der Waals surface area contributed by atoms with Gasteiger partial charge in [-0.2, -0.15) is 18.3 Å². The van der Waals surface area contributed by atoms with E-state index in [0.717, 1.165) is 0 Å². The van der Waals surface area contributed by atoms with E-state index in [1.165, 1.54) is 10.8 Å². The number of halogens is 5. The number of aromatic nitrogens is 4. The molecule has 0 aromatic carbocycles. The molecule has 0 spiro atoms. The standard InChI is InChI=1S/C17H18F5N5O/c1-8-5-26-11(3-13(24-26)25-6-9-10(7-25)16(9,18)19)12-4-23-14(27(8)12)15(2,28)17(20,21)22/h3-4,8-10,28H,5-7H2,1-2H3/t8-,9?,10?,15+/m0/s1. The van der Waals surface area contributed by atoms with Gasteiger partial charge in [-0.3, -0.25) is 4.68 Å². The molecule has 1 saturated heterocycles. The maximum Gasteiger partial charge on any atom is 0.424 e. The van der Waals surface area contributed by atoms with Crippen molar-refractivity contribution < 1.29 is 27.1 Å². The molecule has 4 heterocycles. The van der Waals surface area contributed by atoms with Crippen molar-refractivity contribution in [2.24, 2.45) is 11.8 Å². The number of alkyl halides is 5. The Morgan fingerprint density at radius 3 is 2.39 bits per heavy atom. The molecular weight excluding hydrogens is 385 g/mol. The number of anilines is 1. The number of fused-ring (bicyclic) bond motifs is 4. The lowest BCUT2D eigenvalue weighted by atomic mass is 10.0. The molecule has 152 valence electrons. The molecule has 0 bridgehead atoms. The number of nitrogens with zero attached hydrogens (tertiary/aromatic N) is 5. The van der Waals surface area contributed by atoms with Crippen LogP contribution in [0.25, 0.3) is 11.4 Å². The Morgan fingerprint density at radius 2 is 1.79 bits per heavy atom. The molecule has 2 aromatic heterocycles. The Bertz CT molecular complexity index is 948. The summed E-state index contributed by atoms with van der Waals surface area (Å²) >= 11 is 0. The van der Waals surface area contributed by atoms with Crippen molar-refractivity contribution in [2.75, 3.05) is 18.0 Å². The van der Waals surface area contributed by atoms with E-state index in [1.54, 1.807) is 22.6 Å². The minimum absolute atomic E-state index is 0.219. The maximum atomic E-state index is 13.4. The number of rotatable bonds is 2. The van der Waals surface area contributed by atoms with Crippen molar-refractivity contribution in [2.45, 2.75) is 44.1 Å². The van der Waals surface area contributed by atoms with Crippen molar-refractivity contribution in [1.29, 1.82) is 0 Å². The number of hydrogen-bond acceptors (Lipinski definition) is 4. The molecule has 1 N–H and O–H groups in total. The second-order valence-corrected chi connectivity index (χ2v) is 8.12. The summed E-state index contributed by atoms with van der Waals surface area (Å²) in [6.45, 7) is 3.13.